The number of aliphatic hydroxyl groups excluding tert-OH is 4. The Balaban J connectivity index is 2.39. The molecule has 0 aromatic carbocycles. The monoisotopic (exact) mass is 990 g/mol. The van der Waals surface area contributed by atoms with Gasteiger partial charge in [-0.2, -0.15) is 8.42 Å². The molecular formula is C55H107NO11S. The summed E-state index contributed by atoms with van der Waals surface area (Å²) >= 11 is 0. The highest BCUT2D eigenvalue weighted by molar-refractivity contribution is 7.80. The van der Waals surface area contributed by atoms with Crippen molar-refractivity contribution >= 4 is 16.3 Å². The minimum absolute atomic E-state index is 0.256. The van der Waals surface area contributed by atoms with Gasteiger partial charge in [0.15, 0.2) is 6.29 Å². The van der Waals surface area contributed by atoms with Crippen LogP contribution < -0.4 is 5.32 Å². The highest BCUT2D eigenvalue weighted by Gasteiger charge is 2.48. The molecule has 6 N–H and O–H groups in total. The predicted molar refractivity (Wildman–Crippen MR) is 278 cm³/mol. The van der Waals surface area contributed by atoms with Gasteiger partial charge in [0.05, 0.1) is 25.4 Å². The summed E-state index contributed by atoms with van der Waals surface area (Å²) in [6, 6.07) is -0.940. The minimum Gasteiger partial charge on any atom is -0.394 e. The number of unbranched alkanes of at least 4 members (excludes halogenated alkanes) is 38. The van der Waals surface area contributed by atoms with Crippen molar-refractivity contribution in [3.63, 3.8) is 0 Å². The molecule has 0 spiro atoms. The molecule has 1 saturated heterocycles. The molecule has 1 aliphatic heterocycles. The Kier molecular flexibility index (Phi) is 43.6. The Morgan fingerprint density at radius 2 is 0.926 bits per heavy atom. The van der Waals surface area contributed by atoms with E-state index in [4.69, 9.17) is 9.47 Å². The maximum absolute atomic E-state index is 13.1. The lowest BCUT2D eigenvalue weighted by Gasteiger charge is -2.41. The zero-order valence-electron chi connectivity index (χ0n) is 43.7. The molecule has 404 valence electrons. The van der Waals surface area contributed by atoms with Gasteiger partial charge in [0.2, 0.25) is 5.91 Å². The number of allylic oxidation sites excluding steroid dienone is 1. The molecular weight excluding hydrogens is 883 g/mol. The van der Waals surface area contributed by atoms with Gasteiger partial charge in [-0.3, -0.25) is 9.35 Å². The lowest BCUT2D eigenvalue weighted by atomic mass is 9.99. The highest BCUT2D eigenvalue weighted by atomic mass is 32.3. The summed E-state index contributed by atoms with van der Waals surface area (Å²) in [6.45, 7) is 3.44. The van der Waals surface area contributed by atoms with Crippen LogP contribution in [-0.2, 0) is 28.9 Å². The fourth-order valence-electron chi connectivity index (χ4n) is 9.40. The van der Waals surface area contributed by atoms with E-state index in [0.29, 0.717) is 6.42 Å². The van der Waals surface area contributed by atoms with Crippen LogP contribution in [0.3, 0.4) is 0 Å². The van der Waals surface area contributed by atoms with Crippen LogP contribution in [0.5, 0.6) is 0 Å². The van der Waals surface area contributed by atoms with Crippen molar-refractivity contribution in [3.8, 4) is 0 Å². The Hall–Kier alpha value is -1.16. The van der Waals surface area contributed by atoms with Crippen molar-refractivity contribution in [2.75, 3.05) is 13.2 Å². The third-order valence-electron chi connectivity index (χ3n) is 13.8. The molecule has 1 rings (SSSR count). The van der Waals surface area contributed by atoms with Crippen LogP contribution in [-0.4, -0.2) is 95.4 Å². The summed E-state index contributed by atoms with van der Waals surface area (Å²) in [5.41, 5.74) is 0. The van der Waals surface area contributed by atoms with E-state index < -0.39 is 59.9 Å². The lowest BCUT2D eigenvalue weighted by Crippen LogP contribution is -2.61. The topological polar surface area (TPSA) is 192 Å². The molecule has 7 atom stereocenters. The molecule has 0 aromatic heterocycles. The number of amides is 1. The van der Waals surface area contributed by atoms with Crippen LogP contribution in [0, 0.1) is 0 Å². The van der Waals surface area contributed by atoms with Gasteiger partial charge in [0, 0.05) is 6.42 Å². The zero-order valence-corrected chi connectivity index (χ0v) is 44.5. The average molecular weight is 991 g/mol. The largest absolute Gasteiger partial charge is 0.397 e. The second-order valence-electron chi connectivity index (χ2n) is 20.2. The number of carbonyl (C=O) groups is 1. The number of aliphatic hydroxyl groups is 4. The van der Waals surface area contributed by atoms with Gasteiger partial charge in [-0.1, -0.05) is 264 Å². The summed E-state index contributed by atoms with van der Waals surface area (Å²) < 4.78 is 47.8. The summed E-state index contributed by atoms with van der Waals surface area (Å²) in [6.07, 6.45) is 45.4. The van der Waals surface area contributed by atoms with E-state index in [-0.39, 0.29) is 18.9 Å². The molecule has 0 radical (unpaired) electrons. The Morgan fingerprint density at radius 1 is 0.574 bits per heavy atom. The quantitative estimate of drug-likeness (QED) is 0.0193. The first-order chi connectivity index (χ1) is 33.0. The van der Waals surface area contributed by atoms with Crippen LogP contribution in [0.2, 0.25) is 0 Å². The molecule has 1 fully saturated rings. The van der Waals surface area contributed by atoms with Gasteiger partial charge < -0.3 is 35.2 Å². The van der Waals surface area contributed by atoms with E-state index in [1.54, 1.807) is 6.08 Å². The molecule has 0 saturated carbocycles. The van der Waals surface area contributed by atoms with E-state index in [2.05, 4.69) is 23.3 Å². The predicted octanol–water partition coefficient (Wildman–Crippen LogP) is 13.1. The number of hydrogen-bond donors (Lipinski definition) is 6. The maximum Gasteiger partial charge on any atom is 0.397 e. The summed E-state index contributed by atoms with van der Waals surface area (Å²) in [7, 11) is -5.09. The van der Waals surface area contributed by atoms with Crippen LogP contribution >= 0.6 is 0 Å². The van der Waals surface area contributed by atoms with E-state index in [9.17, 15) is 38.2 Å². The third kappa shape index (κ3) is 37.6. The van der Waals surface area contributed by atoms with E-state index in [0.717, 1.165) is 38.5 Å². The molecule has 68 heavy (non-hydrogen) atoms. The number of rotatable bonds is 50. The molecule has 7 unspecified atom stereocenters. The molecule has 1 aliphatic rings. The normalized spacial score (nSPS) is 19.8. The molecule has 1 heterocycles. The first-order valence-corrected chi connectivity index (χ1v) is 29.9. The van der Waals surface area contributed by atoms with Gasteiger partial charge in [-0.15, -0.1) is 0 Å². The highest BCUT2D eigenvalue weighted by Crippen LogP contribution is 2.26. The van der Waals surface area contributed by atoms with Gasteiger partial charge in [0.25, 0.3) is 0 Å². The molecule has 0 aliphatic carbocycles. The SMILES string of the molecule is CCCCCCCCCCCCCCCCCCCCC/C=C/C(O)C(COC1OC(CO)C(O)C(OS(=O)(=O)O)C1O)NC(=O)CCCCCCCCCCCCCCCCCCCCCC. The van der Waals surface area contributed by atoms with Crippen molar-refractivity contribution in [1.29, 1.82) is 0 Å². The van der Waals surface area contributed by atoms with E-state index in [1.165, 1.54) is 212 Å². The molecule has 0 bridgehead atoms. The fraction of sp³-hybridized carbons (Fsp3) is 0.945. The fourth-order valence-corrected chi connectivity index (χ4v) is 9.91. The Bertz CT molecular complexity index is 1260. The molecule has 12 nitrogen and oxygen atoms in total. The third-order valence-corrected chi connectivity index (χ3v) is 14.3. The van der Waals surface area contributed by atoms with Crippen molar-refractivity contribution in [1.82, 2.24) is 5.32 Å². The zero-order chi connectivity index (χ0) is 49.8. The van der Waals surface area contributed by atoms with E-state index >= 15 is 0 Å². The first-order valence-electron chi connectivity index (χ1n) is 28.6. The second-order valence-corrected chi connectivity index (χ2v) is 21.3. The number of ether oxygens (including phenoxy) is 2. The maximum atomic E-state index is 13.1. The van der Waals surface area contributed by atoms with Crippen LogP contribution in [0.4, 0.5) is 0 Å². The van der Waals surface area contributed by atoms with Gasteiger partial charge in [-0.25, -0.2) is 4.18 Å². The van der Waals surface area contributed by atoms with E-state index in [1.807, 2.05) is 6.08 Å². The molecule has 0 aromatic rings. The van der Waals surface area contributed by atoms with Crippen LogP contribution in [0.25, 0.3) is 0 Å². The average Bonchev–Trinajstić information content (AvgIpc) is 3.31. The molecule has 13 heteroatoms. The Labute approximate surface area is 417 Å². The summed E-state index contributed by atoms with van der Waals surface area (Å²) in [5, 5.41) is 45.0. The summed E-state index contributed by atoms with van der Waals surface area (Å²) in [4.78, 5) is 13.1. The van der Waals surface area contributed by atoms with Crippen molar-refractivity contribution in [2.24, 2.45) is 0 Å². The number of hydrogen-bond acceptors (Lipinski definition) is 10. The van der Waals surface area contributed by atoms with Crippen LogP contribution in [0.1, 0.15) is 277 Å². The van der Waals surface area contributed by atoms with Gasteiger partial charge in [0.1, 0.15) is 24.4 Å². The second kappa shape index (κ2) is 45.7. The van der Waals surface area contributed by atoms with Gasteiger partial charge >= 0.3 is 10.4 Å². The van der Waals surface area contributed by atoms with Crippen molar-refractivity contribution in [3.05, 3.63) is 12.2 Å². The van der Waals surface area contributed by atoms with Gasteiger partial charge in [-0.05, 0) is 19.3 Å². The standard InChI is InChI=1S/C55H107NO11S/c1-3-5-7-9-11-13-15-17-19-21-23-25-26-28-30-32-34-36-38-40-42-44-49(58)48(47-65-55-53(61)54(67-68(62,63)64)52(60)50(46-57)66-55)56-51(59)45-43-41-39-37-35-33-31-29-27-24-22-20-18-16-14-12-10-8-6-4-2/h42,44,48-50,52-55,57-58,60-61H,3-41,43,45-47H2,1-2H3,(H,56,59)(H,62,63,64)/b44-42+. The van der Waals surface area contributed by atoms with Crippen LogP contribution in [0.15, 0.2) is 12.2 Å². The van der Waals surface area contributed by atoms with Crippen molar-refractivity contribution < 1.29 is 51.8 Å². The number of carbonyl (C=O) groups excluding carboxylic acids is 1. The Morgan fingerprint density at radius 3 is 1.28 bits per heavy atom. The summed E-state index contributed by atoms with van der Waals surface area (Å²) in [5.74, 6) is -0.256. The molecule has 1 amide bonds. The minimum atomic E-state index is -5.09. The lowest BCUT2D eigenvalue weighted by molar-refractivity contribution is -0.298. The smallest absolute Gasteiger partial charge is 0.394 e. The number of nitrogens with one attached hydrogen (secondary N) is 1. The first kappa shape index (κ1) is 64.9. The van der Waals surface area contributed by atoms with Crippen molar-refractivity contribution in [2.45, 2.75) is 320 Å².